The van der Waals surface area contributed by atoms with Crippen LogP contribution >= 0.6 is 0 Å². The summed E-state index contributed by atoms with van der Waals surface area (Å²) >= 11 is 0. The fourth-order valence-corrected chi connectivity index (χ4v) is 7.62. The zero-order valence-corrected chi connectivity index (χ0v) is 21.6. The van der Waals surface area contributed by atoms with Crippen LogP contribution in [0.15, 0.2) is 11.1 Å². The first-order valence-electron chi connectivity index (χ1n) is 12.4. The van der Waals surface area contributed by atoms with E-state index >= 15 is 0 Å². The predicted octanol–water partition coefficient (Wildman–Crippen LogP) is 2.06. The number of rotatable bonds is 3. The van der Waals surface area contributed by atoms with E-state index in [2.05, 4.69) is 0 Å². The van der Waals surface area contributed by atoms with Crippen LogP contribution in [0.25, 0.3) is 0 Å². The second-order valence-corrected chi connectivity index (χ2v) is 11.6. The summed E-state index contributed by atoms with van der Waals surface area (Å²) in [6.07, 6.45) is -2.78. The molecule has 3 aliphatic carbocycles. The Bertz CT molecular complexity index is 954. The number of ether oxygens (including phenoxy) is 4. The topological polar surface area (TPSA) is 129 Å². The lowest BCUT2D eigenvalue weighted by molar-refractivity contribution is -0.335. The Morgan fingerprint density at radius 3 is 2.11 bits per heavy atom. The maximum absolute atomic E-state index is 12.4. The highest BCUT2D eigenvalue weighted by Crippen LogP contribution is 2.63. The molecule has 0 aromatic heterocycles. The molecule has 0 aromatic rings. The second-order valence-electron chi connectivity index (χ2n) is 11.6. The molecule has 1 heterocycles. The first kappa shape index (κ1) is 26.1. The summed E-state index contributed by atoms with van der Waals surface area (Å²) < 4.78 is 23.6. The molecule has 9 atom stereocenters. The highest BCUT2D eigenvalue weighted by Gasteiger charge is 2.71. The lowest BCUT2D eigenvalue weighted by Crippen LogP contribution is -2.76. The van der Waals surface area contributed by atoms with Gasteiger partial charge in [-0.3, -0.25) is 14.4 Å². The molecule has 2 saturated carbocycles. The summed E-state index contributed by atoms with van der Waals surface area (Å²) in [4.78, 5) is 37.2. The van der Waals surface area contributed by atoms with Crippen LogP contribution in [0.5, 0.6) is 0 Å². The third-order valence-electron chi connectivity index (χ3n) is 9.11. The summed E-state index contributed by atoms with van der Waals surface area (Å²) in [6.45, 7) is 11.6. The first-order valence-corrected chi connectivity index (χ1v) is 12.4. The van der Waals surface area contributed by atoms with Gasteiger partial charge in [0.2, 0.25) is 0 Å². The molecular formula is C26H38O9. The number of fused-ring (bicyclic) bond motifs is 5. The summed E-state index contributed by atoms with van der Waals surface area (Å²) in [5.41, 5.74) is -1.67. The molecule has 4 aliphatic rings. The Labute approximate surface area is 206 Å². The molecule has 2 N–H and O–H groups in total. The number of hydrogen-bond donors (Lipinski definition) is 2. The smallest absolute Gasteiger partial charge is 0.303 e. The number of carbonyl (C=O) groups is 3. The van der Waals surface area contributed by atoms with Crippen LogP contribution < -0.4 is 0 Å². The zero-order valence-electron chi connectivity index (χ0n) is 21.6. The van der Waals surface area contributed by atoms with E-state index in [4.69, 9.17) is 18.9 Å². The van der Waals surface area contributed by atoms with Gasteiger partial charge in [0, 0.05) is 38.0 Å². The number of aliphatic hydroxyl groups is 2. The fraction of sp³-hybridized carbons (Fsp3) is 0.808. The second kappa shape index (κ2) is 8.56. The Morgan fingerprint density at radius 2 is 1.60 bits per heavy atom. The van der Waals surface area contributed by atoms with Crippen LogP contribution in [0.4, 0.5) is 0 Å². The standard InChI is InChI=1S/C26H38O9/c1-12-17(30)10-16-20(33-13(2)27)22-25(7,9-8-18-26(22,31)11-32-18)23(35-15(4)29)21(34-14(3)28)19(12)24(16,5)6/h16-18,20-23,30-31H,8-11H2,1-7H3/t16-,17+,18+,20+,21+,22-,23-,25+,26-/m0/s1. The van der Waals surface area contributed by atoms with Crippen molar-refractivity contribution in [2.75, 3.05) is 6.61 Å². The molecule has 9 nitrogen and oxygen atoms in total. The van der Waals surface area contributed by atoms with E-state index in [0.717, 1.165) is 0 Å². The van der Waals surface area contributed by atoms with Crippen molar-refractivity contribution in [1.82, 2.24) is 0 Å². The molecule has 35 heavy (non-hydrogen) atoms. The van der Waals surface area contributed by atoms with Gasteiger partial charge in [0.1, 0.15) is 17.8 Å². The Hall–Kier alpha value is -1.97. The van der Waals surface area contributed by atoms with Crippen molar-refractivity contribution in [3.05, 3.63) is 11.1 Å². The Morgan fingerprint density at radius 1 is 1.00 bits per heavy atom. The van der Waals surface area contributed by atoms with Gasteiger partial charge in [0.25, 0.3) is 0 Å². The maximum Gasteiger partial charge on any atom is 0.303 e. The van der Waals surface area contributed by atoms with E-state index in [1.54, 1.807) is 6.92 Å². The molecule has 0 aromatic carbocycles. The van der Waals surface area contributed by atoms with Crippen LogP contribution in [-0.4, -0.2) is 70.8 Å². The summed E-state index contributed by atoms with van der Waals surface area (Å²) in [5, 5.41) is 23.1. The van der Waals surface area contributed by atoms with Crippen LogP contribution in [0.3, 0.4) is 0 Å². The lowest BCUT2D eigenvalue weighted by atomic mass is 9.46. The molecule has 4 rings (SSSR count). The van der Waals surface area contributed by atoms with E-state index in [-0.39, 0.29) is 6.61 Å². The normalized spacial score (nSPS) is 44.0. The third kappa shape index (κ3) is 3.90. The number of esters is 3. The highest BCUT2D eigenvalue weighted by molar-refractivity contribution is 5.68. The van der Waals surface area contributed by atoms with Crippen molar-refractivity contribution >= 4 is 17.9 Å². The monoisotopic (exact) mass is 494 g/mol. The van der Waals surface area contributed by atoms with E-state index in [1.807, 2.05) is 20.8 Å². The number of carbonyl (C=O) groups excluding carboxylic acids is 3. The largest absolute Gasteiger partial charge is 0.462 e. The van der Waals surface area contributed by atoms with Crippen LogP contribution in [0.1, 0.15) is 67.7 Å². The van der Waals surface area contributed by atoms with Crippen LogP contribution in [0.2, 0.25) is 0 Å². The number of hydrogen-bond acceptors (Lipinski definition) is 9. The van der Waals surface area contributed by atoms with Crippen molar-refractivity contribution in [3.8, 4) is 0 Å². The molecule has 3 fully saturated rings. The summed E-state index contributed by atoms with van der Waals surface area (Å²) in [6, 6.07) is 0. The molecule has 196 valence electrons. The molecule has 2 bridgehead atoms. The van der Waals surface area contributed by atoms with Gasteiger partial charge < -0.3 is 29.2 Å². The third-order valence-corrected chi connectivity index (χ3v) is 9.11. The van der Waals surface area contributed by atoms with E-state index < -0.39 is 76.7 Å². The summed E-state index contributed by atoms with van der Waals surface area (Å²) in [7, 11) is 0. The lowest BCUT2D eigenvalue weighted by Gasteiger charge is -2.66. The molecule has 0 unspecified atom stereocenters. The molecular weight excluding hydrogens is 456 g/mol. The predicted molar refractivity (Wildman–Crippen MR) is 123 cm³/mol. The van der Waals surface area contributed by atoms with Gasteiger partial charge in [-0.2, -0.15) is 0 Å². The van der Waals surface area contributed by atoms with Crippen molar-refractivity contribution in [2.45, 2.75) is 104 Å². The van der Waals surface area contributed by atoms with Gasteiger partial charge in [0.15, 0.2) is 6.10 Å². The minimum atomic E-state index is -1.33. The highest BCUT2D eigenvalue weighted by atomic mass is 16.6. The van der Waals surface area contributed by atoms with Crippen LogP contribution in [0, 0.1) is 22.7 Å². The van der Waals surface area contributed by atoms with Gasteiger partial charge in [-0.25, -0.2) is 0 Å². The van der Waals surface area contributed by atoms with Crippen molar-refractivity contribution < 1.29 is 43.5 Å². The van der Waals surface area contributed by atoms with E-state index in [9.17, 15) is 24.6 Å². The number of aliphatic hydroxyl groups excluding tert-OH is 1. The molecule has 0 amide bonds. The van der Waals surface area contributed by atoms with Gasteiger partial charge >= 0.3 is 17.9 Å². The van der Waals surface area contributed by atoms with Crippen molar-refractivity contribution in [3.63, 3.8) is 0 Å². The van der Waals surface area contributed by atoms with Crippen molar-refractivity contribution in [1.29, 1.82) is 0 Å². The molecule has 0 spiro atoms. The molecule has 1 saturated heterocycles. The molecule has 0 radical (unpaired) electrons. The fourth-order valence-electron chi connectivity index (χ4n) is 7.62. The Balaban J connectivity index is 2.04. The van der Waals surface area contributed by atoms with E-state index in [1.165, 1.54) is 20.8 Å². The first-order chi connectivity index (χ1) is 16.1. The van der Waals surface area contributed by atoms with Gasteiger partial charge in [-0.15, -0.1) is 0 Å². The zero-order chi connectivity index (χ0) is 26.1. The van der Waals surface area contributed by atoms with Gasteiger partial charge in [0.05, 0.1) is 18.8 Å². The average Bonchev–Trinajstić information content (AvgIpc) is 2.70. The minimum absolute atomic E-state index is 0.0537. The van der Waals surface area contributed by atoms with E-state index in [0.29, 0.717) is 30.4 Å². The minimum Gasteiger partial charge on any atom is -0.462 e. The quantitative estimate of drug-likeness (QED) is 0.344. The molecule has 1 aliphatic heterocycles. The van der Waals surface area contributed by atoms with Crippen molar-refractivity contribution in [2.24, 2.45) is 22.7 Å². The average molecular weight is 495 g/mol. The van der Waals surface area contributed by atoms with Crippen LogP contribution in [-0.2, 0) is 33.3 Å². The Kier molecular flexibility index (Phi) is 6.38. The van der Waals surface area contributed by atoms with Gasteiger partial charge in [-0.1, -0.05) is 20.8 Å². The summed E-state index contributed by atoms with van der Waals surface area (Å²) in [5.74, 6) is -2.69. The molecule has 9 heteroatoms. The van der Waals surface area contributed by atoms with Gasteiger partial charge in [-0.05, 0) is 42.7 Å². The maximum atomic E-state index is 12.4. The SMILES string of the molecule is CC(=O)O[C@@H]1[C@@H]2C[C@@H](O)C(C)=C([C@@H](OC(C)=O)[C@H](OC(C)=O)[C@]3(C)CC[C@H]4OC[C@@]4(O)[C@@H]13)C2(C)C.